The van der Waals surface area contributed by atoms with Gasteiger partial charge in [-0.2, -0.15) is 11.3 Å². The van der Waals surface area contributed by atoms with Gasteiger partial charge >= 0.3 is 0 Å². The minimum Gasteiger partial charge on any atom is -0.458 e. The second kappa shape index (κ2) is 7.39. The lowest BCUT2D eigenvalue weighted by Gasteiger charge is -2.27. The number of aliphatic hydroxyl groups excluding tert-OH is 1. The van der Waals surface area contributed by atoms with E-state index in [9.17, 15) is 9.90 Å². The maximum absolute atomic E-state index is 12.9. The third-order valence-corrected chi connectivity index (χ3v) is 6.86. The van der Waals surface area contributed by atoms with E-state index in [1.54, 1.807) is 28.7 Å². The molecule has 1 atom stereocenters. The Bertz CT molecular complexity index is 846. The summed E-state index contributed by atoms with van der Waals surface area (Å²) in [6.07, 6.45) is 3.02. The fourth-order valence-corrected chi connectivity index (χ4v) is 5.29. The van der Waals surface area contributed by atoms with Crippen molar-refractivity contribution in [3.05, 3.63) is 57.1 Å². The number of nitrogens with one attached hydrogen (secondary N) is 1. The van der Waals surface area contributed by atoms with Crippen molar-refractivity contribution in [2.24, 2.45) is 0 Å². The molecule has 3 aromatic heterocycles. The van der Waals surface area contributed by atoms with Gasteiger partial charge < -0.3 is 14.8 Å². The van der Waals surface area contributed by atoms with Crippen molar-refractivity contribution in [3.8, 4) is 11.3 Å². The number of amides is 1. The maximum atomic E-state index is 12.9. The van der Waals surface area contributed by atoms with Crippen LogP contribution in [0.4, 0.5) is 0 Å². The Morgan fingerprint density at radius 1 is 1.23 bits per heavy atom. The molecule has 1 amide bonds. The van der Waals surface area contributed by atoms with Crippen LogP contribution in [0.3, 0.4) is 0 Å². The molecule has 136 valence electrons. The highest BCUT2D eigenvalue weighted by atomic mass is 32.1. The number of rotatable bonds is 6. The van der Waals surface area contributed by atoms with Crippen LogP contribution in [0.25, 0.3) is 11.3 Å². The molecule has 6 heteroatoms. The monoisotopic (exact) mass is 387 g/mol. The van der Waals surface area contributed by atoms with Gasteiger partial charge in [0.2, 0.25) is 5.91 Å². The van der Waals surface area contributed by atoms with Crippen LogP contribution in [-0.2, 0) is 10.2 Å². The highest BCUT2D eigenvalue weighted by Gasteiger charge is 2.43. The number of furan rings is 1. The molecule has 0 radical (unpaired) electrons. The van der Waals surface area contributed by atoms with Gasteiger partial charge in [-0.25, -0.2) is 0 Å². The van der Waals surface area contributed by atoms with E-state index in [4.69, 9.17) is 4.42 Å². The first-order valence-electron chi connectivity index (χ1n) is 8.82. The van der Waals surface area contributed by atoms with Gasteiger partial charge in [0.1, 0.15) is 17.6 Å². The van der Waals surface area contributed by atoms with E-state index >= 15 is 0 Å². The second-order valence-corrected chi connectivity index (χ2v) is 8.43. The van der Waals surface area contributed by atoms with E-state index in [2.05, 4.69) is 5.32 Å². The maximum Gasteiger partial charge on any atom is 0.231 e. The molecule has 3 heterocycles. The molecule has 0 unspecified atom stereocenters. The second-order valence-electron chi connectivity index (χ2n) is 6.71. The van der Waals surface area contributed by atoms with Crippen LogP contribution in [0.5, 0.6) is 0 Å². The molecule has 4 nitrogen and oxygen atoms in total. The SMILES string of the molecule is O=C(NC[C@H](O)c1ccc(-c2ccsc2)o1)C1(c2cccs2)CCCC1. The highest BCUT2D eigenvalue weighted by Crippen LogP contribution is 2.43. The van der Waals surface area contributed by atoms with Crippen molar-refractivity contribution < 1.29 is 14.3 Å². The smallest absolute Gasteiger partial charge is 0.231 e. The lowest BCUT2D eigenvalue weighted by atomic mass is 9.83. The van der Waals surface area contributed by atoms with E-state index in [0.29, 0.717) is 5.76 Å². The predicted octanol–water partition coefficient (Wildman–Crippen LogP) is 4.73. The quantitative estimate of drug-likeness (QED) is 0.643. The molecule has 1 aliphatic rings. The lowest BCUT2D eigenvalue weighted by molar-refractivity contribution is -0.127. The first-order valence-corrected chi connectivity index (χ1v) is 10.6. The Labute approximate surface area is 160 Å². The molecule has 1 saturated carbocycles. The van der Waals surface area contributed by atoms with Crippen molar-refractivity contribution in [3.63, 3.8) is 0 Å². The van der Waals surface area contributed by atoms with Crippen LogP contribution in [0.1, 0.15) is 42.4 Å². The van der Waals surface area contributed by atoms with Gasteiger partial charge in [0.15, 0.2) is 0 Å². The summed E-state index contributed by atoms with van der Waals surface area (Å²) >= 11 is 3.24. The zero-order chi connectivity index (χ0) is 18.0. The minimum absolute atomic E-state index is 0.0149. The summed E-state index contributed by atoms with van der Waals surface area (Å²) in [5, 5.41) is 19.4. The van der Waals surface area contributed by atoms with Gasteiger partial charge in [0.25, 0.3) is 0 Å². The summed E-state index contributed by atoms with van der Waals surface area (Å²) in [4.78, 5) is 14.1. The predicted molar refractivity (Wildman–Crippen MR) is 104 cm³/mol. The van der Waals surface area contributed by atoms with Gasteiger partial charge in [0, 0.05) is 15.8 Å². The van der Waals surface area contributed by atoms with Crippen LogP contribution in [0.2, 0.25) is 0 Å². The van der Waals surface area contributed by atoms with Crippen LogP contribution in [0.15, 0.2) is 50.9 Å². The van der Waals surface area contributed by atoms with Gasteiger partial charge in [0.05, 0.1) is 12.0 Å². The fraction of sp³-hybridized carbons (Fsp3) is 0.350. The zero-order valence-corrected chi connectivity index (χ0v) is 15.9. The summed E-state index contributed by atoms with van der Waals surface area (Å²) < 4.78 is 5.75. The van der Waals surface area contributed by atoms with Crippen LogP contribution in [0, 0.1) is 0 Å². The third kappa shape index (κ3) is 3.24. The Kier molecular flexibility index (Phi) is 4.98. The fourth-order valence-electron chi connectivity index (χ4n) is 3.67. The van der Waals surface area contributed by atoms with Crippen molar-refractivity contribution in [1.82, 2.24) is 5.32 Å². The summed E-state index contributed by atoms with van der Waals surface area (Å²) in [6, 6.07) is 9.65. The largest absolute Gasteiger partial charge is 0.458 e. The summed E-state index contributed by atoms with van der Waals surface area (Å²) in [7, 11) is 0. The first-order chi connectivity index (χ1) is 12.7. The topological polar surface area (TPSA) is 62.5 Å². The van der Waals surface area contributed by atoms with Crippen molar-refractivity contribution in [1.29, 1.82) is 0 Å². The number of hydrogen-bond acceptors (Lipinski definition) is 5. The van der Waals surface area contributed by atoms with Gasteiger partial charge in [-0.3, -0.25) is 4.79 Å². The van der Waals surface area contributed by atoms with Crippen molar-refractivity contribution >= 4 is 28.6 Å². The summed E-state index contributed by atoms with van der Waals surface area (Å²) in [5.41, 5.74) is 0.568. The molecule has 1 fully saturated rings. The van der Waals surface area contributed by atoms with Crippen LogP contribution < -0.4 is 5.32 Å². The Balaban J connectivity index is 1.42. The first kappa shape index (κ1) is 17.5. The highest BCUT2D eigenvalue weighted by molar-refractivity contribution is 7.10. The molecule has 2 N–H and O–H groups in total. The Morgan fingerprint density at radius 3 is 2.77 bits per heavy atom. The average Bonchev–Trinajstić information content (AvgIpc) is 3.42. The van der Waals surface area contributed by atoms with E-state index in [0.717, 1.165) is 41.9 Å². The normalized spacial score (nSPS) is 17.3. The molecular formula is C20H21NO3S2. The van der Waals surface area contributed by atoms with E-state index < -0.39 is 11.5 Å². The van der Waals surface area contributed by atoms with Crippen molar-refractivity contribution in [2.45, 2.75) is 37.2 Å². The third-order valence-electron chi connectivity index (χ3n) is 5.10. The number of thiophene rings is 2. The number of carbonyl (C=O) groups excluding carboxylic acids is 1. The van der Waals surface area contributed by atoms with E-state index in [1.807, 2.05) is 40.4 Å². The van der Waals surface area contributed by atoms with Gasteiger partial charge in [-0.05, 0) is 47.9 Å². The summed E-state index contributed by atoms with van der Waals surface area (Å²) in [5.74, 6) is 1.22. The molecule has 0 bridgehead atoms. The Hall–Kier alpha value is -1.89. The molecule has 4 rings (SSSR count). The molecular weight excluding hydrogens is 366 g/mol. The summed E-state index contributed by atoms with van der Waals surface area (Å²) in [6.45, 7) is 0.155. The molecule has 1 aliphatic carbocycles. The molecule has 0 aromatic carbocycles. The van der Waals surface area contributed by atoms with E-state index in [1.165, 1.54) is 0 Å². The molecule has 3 aromatic rings. The average molecular weight is 388 g/mol. The Morgan fingerprint density at radius 2 is 2.08 bits per heavy atom. The van der Waals surface area contributed by atoms with E-state index in [-0.39, 0.29) is 12.5 Å². The molecule has 0 aliphatic heterocycles. The van der Waals surface area contributed by atoms with Crippen LogP contribution in [-0.4, -0.2) is 17.6 Å². The molecule has 0 spiro atoms. The zero-order valence-electron chi connectivity index (χ0n) is 14.3. The lowest BCUT2D eigenvalue weighted by Crippen LogP contribution is -2.43. The number of hydrogen-bond donors (Lipinski definition) is 2. The van der Waals surface area contributed by atoms with Crippen LogP contribution >= 0.6 is 22.7 Å². The number of aliphatic hydroxyl groups is 1. The van der Waals surface area contributed by atoms with Crippen molar-refractivity contribution in [2.75, 3.05) is 6.54 Å². The van der Waals surface area contributed by atoms with Gasteiger partial charge in [-0.15, -0.1) is 11.3 Å². The molecule has 26 heavy (non-hydrogen) atoms. The standard InChI is InChI=1S/C20H21NO3S2/c22-15(17-6-5-16(24-17)14-7-11-25-13-14)12-21-19(23)20(8-1-2-9-20)18-4-3-10-26-18/h3-7,10-11,13,15,22H,1-2,8-9,12H2,(H,21,23)/t15-/m0/s1. The number of carbonyl (C=O) groups is 1. The molecule has 0 saturated heterocycles. The minimum atomic E-state index is -0.854. The van der Waals surface area contributed by atoms with Gasteiger partial charge in [-0.1, -0.05) is 18.9 Å².